The largest absolute Gasteiger partial charge is 0.497 e. The maximum absolute atomic E-state index is 13.1. The lowest BCUT2D eigenvalue weighted by molar-refractivity contribution is -0.154. The van der Waals surface area contributed by atoms with Crippen LogP contribution in [0.1, 0.15) is 39.1 Å². The van der Waals surface area contributed by atoms with Crippen molar-refractivity contribution >= 4 is 28.6 Å². The number of nitrogens with zero attached hydrogens (tertiary/aromatic N) is 2. The molecule has 10 nitrogen and oxygen atoms in total. The standard InChI is InChI=1S/C22H20N4O6/c1-12(27)19-16-8-18(32-17(16)5-6-23-19)22(21(29)24-11-31-25-22)10-26-9-13-3-4-14(30-2)7-15(13)20(26)28/h3-8,25H,9-11H2,1-2H3,(H,24,29)/t22-/m0/s1. The third kappa shape index (κ3) is 3.03. The Morgan fingerprint density at radius 2 is 2.12 bits per heavy atom. The molecule has 1 aromatic carbocycles. The highest BCUT2D eigenvalue weighted by atomic mass is 16.7. The number of fused-ring (bicyclic) bond motifs is 2. The van der Waals surface area contributed by atoms with Gasteiger partial charge in [0.2, 0.25) is 0 Å². The fraction of sp³-hybridized carbons (Fsp3) is 0.273. The summed E-state index contributed by atoms with van der Waals surface area (Å²) in [4.78, 5) is 49.3. The van der Waals surface area contributed by atoms with Crippen LogP contribution in [0.2, 0.25) is 0 Å². The molecular formula is C22H20N4O6. The Labute approximate surface area is 182 Å². The monoisotopic (exact) mass is 436 g/mol. The van der Waals surface area contributed by atoms with Gasteiger partial charge < -0.3 is 19.4 Å². The Morgan fingerprint density at radius 3 is 2.88 bits per heavy atom. The van der Waals surface area contributed by atoms with E-state index < -0.39 is 11.4 Å². The normalized spacial score (nSPS) is 20.4. The molecule has 2 N–H and O–H groups in total. The first-order valence-electron chi connectivity index (χ1n) is 9.96. The predicted molar refractivity (Wildman–Crippen MR) is 111 cm³/mol. The van der Waals surface area contributed by atoms with E-state index in [2.05, 4.69) is 15.8 Å². The zero-order valence-corrected chi connectivity index (χ0v) is 17.4. The lowest BCUT2D eigenvalue weighted by atomic mass is 9.94. The van der Waals surface area contributed by atoms with Gasteiger partial charge in [-0.2, -0.15) is 5.48 Å². The van der Waals surface area contributed by atoms with Crippen molar-refractivity contribution in [2.45, 2.75) is 19.0 Å². The van der Waals surface area contributed by atoms with Gasteiger partial charge in [-0.25, -0.2) is 0 Å². The van der Waals surface area contributed by atoms with Crippen LogP contribution in [-0.4, -0.2) is 47.9 Å². The van der Waals surface area contributed by atoms with Crippen molar-refractivity contribution in [2.24, 2.45) is 0 Å². The van der Waals surface area contributed by atoms with Crippen LogP contribution in [0.3, 0.4) is 0 Å². The molecular weight excluding hydrogens is 416 g/mol. The third-order valence-corrected chi connectivity index (χ3v) is 5.76. The second kappa shape index (κ2) is 7.43. The first-order valence-corrected chi connectivity index (χ1v) is 9.96. The Bertz CT molecular complexity index is 1270. The summed E-state index contributed by atoms with van der Waals surface area (Å²) in [5.74, 6) is -0.0934. The second-order valence-electron chi connectivity index (χ2n) is 7.72. The van der Waals surface area contributed by atoms with Crippen LogP contribution in [0.5, 0.6) is 5.75 Å². The van der Waals surface area contributed by atoms with Gasteiger partial charge in [-0.05, 0) is 29.8 Å². The van der Waals surface area contributed by atoms with Gasteiger partial charge in [0.1, 0.15) is 29.5 Å². The van der Waals surface area contributed by atoms with E-state index in [1.807, 2.05) is 6.07 Å². The maximum atomic E-state index is 13.1. The molecule has 0 saturated carbocycles. The molecule has 1 atom stereocenters. The fourth-order valence-electron chi connectivity index (χ4n) is 4.14. The van der Waals surface area contributed by atoms with Gasteiger partial charge in [0.15, 0.2) is 11.3 Å². The van der Waals surface area contributed by atoms with Gasteiger partial charge in [-0.3, -0.25) is 24.2 Å². The van der Waals surface area contributed by atoms with Crippen LogP contribution in [0, 0.1) is 0 Å². The Kier molecular flexibility index (Phi) is 4.68. The molecule has 2 aromatic heterocycles. The van der Waals surface area contributed by atoms with Crippen LogP contribution >= 0.6 is 0 Å². The molecule has 0 radical (unpaired) electrons. The highest BCUT2D eigenvalue weighted by Crippen LogP contribution is 2.35. The smallest absolute Gasteiger partial charge is 0.254 e. The third-order valence-electron chi connectivity index (χ3n) is 5.76. The van der Waals surface area contributed by atoms with Crippen molar-refractivity contribution in [3.05, 3.63) is 59.1 Å². The highest BCUT2D eigenvalue weighted by Gasteiger charge is 2.49. The minimum Gasteiger partial charge on any atom is -0.497 e. The van der Waals surface area contributed by atoms with E-state index in [1.54, 1.807) is 29.2 Å². The molecule has 0 unspecified atom stereocenters. The minimum absolute atomic E-state index is 0.0353. The number of carbonyl (C=O) groups excluding carboxylic acids is 3. The number of Topliss-reactive ketones (excluding diaryl/α,β-unsaturated/α-hetero) is 1. The number of hydrogen-bond donors (Lipinski definition) is 2. The molecule has 164 valence electrons. The maximum Gasteiger partial charge on any atom is 0.254 e. The molecule has 10 heteroatoms. The van der Waals surface area contributed by atoms with Crippen LogP contribution in [-0.2, 0) is 21.7 Å². The first kappa shape index (κ1) is 20.2. The van der Waals surface area contributed by atoms with Crippen molar-refractivity contribution in [3.63, 3.8) is 0 Å². The van der Waals surface area contributed by atoms with Crippen molar-refractivity contribution in [2.75, 3.05) is 20.4 Å². The van der Waals surface area contributed by atoms with Crippen LogP contribution in [0.25, 0.3) is 11.0 Å². The average molecular weight is 436 g/mol. The van der Waals surface area contributed by atoms with Gasteiger partial charge in [-0.1, -0.05) is 6.07 Å². The first-order chi connectivity index (χ1) is 15.4. The summed E-state index contributed by atoms with van der Waals surface area (Å²) in [6.07, 6.45) is 1.47. The number of ether oxygens (including phenoxy) is 1. The number of methoxy groups -OCH3 is 1. The summed E-state index contributed by atoms with van der Waals surface area (Å²) in [5, 5.41) is 3.14. The summed E-state index contributed by atoms with van der Waals surface area (Å²) >= 11 is 0. The van der Waals surface area contributed by atoms with Crippen LogP contribution in [0.15, 0.2) is 40.9 Å². The molecule has 0 bridgehead atoms. The van der Waals surface area contributed by atoms with E-state index in [-0.39, 0.29) is 36.4 Å². The molecule has 3 aromatic rings. The van der Waals surface area contributed by atoms with Gasteiger partial charge in [-0.15, -0.1) is 0 Å². The SMILES string of the molecule is COc1ccc2c(c1)C(=O)N(C[C@@]1(c3cc4c(C(C)=O)nccc4o3)NOCNC1=O)C2. The number of aromatic nitrogens is 1. The Morgan fingerprint density at radius 1 is 1.28 bits per heavy atom. The topological polar surface area (TPSA) is 123 Å². The summed E-state index contributed by atoms with van der Waals surface area (Å²) in [6, 6.07) is 8.51. The van der Waals surface area contributed by atoms with E-state index in [0.717, 1.165) is 5.56 Å². The quantitative estimate of drug-likeness (QED) is 0.577. The number of pyridine rings is 1. The Balaban J connectivity index is 1.56. The summed E-state index contributed by atoms with van der Waals surface area (Å²) in [6.45, 7) is 1.63. The lowest BCUT2D eigenvalue weighted by Crippen LogP contribution is -2.64. The number of amides is 2. The van der Waals surface area contributed by atoms with E-state index in [1.165, 1.54) is 20.2 Å². The van der Waals surface area contributed by atoms with Crippen LogP contribution < -0.4 is 15.5 Å². The summed E-state index contributed by atoms with van der Waals surface area (Å²) in [5.41, 5.74) is 3.24. The highest BCUT2D eigenvalue weighted by molar-refractivity contribution is 6.04. The number of hydrogen-bond acceptors (Lipinski definition) is 8. The lowest BCUT2D eigenvalue weighted by Gasteiger charge is -2.37. The van der Waals surface area contributed by atoms with Crippen molar-refractivity contribution in [1.29, 1.82) is 0 Å². The summed E-state index contributed by atoms with van der Waals surface area (Å²) in [7, 11) is 1.53. The van der Waals surface area contributed by atoms with Crippen molar-refractivity contribution in [3.8, 4) is 5.75 Å². The second-order valence-corrected chi connectivity index (χ2v) is 7.72. The number of rotatable bonds is 5. The molecule has 2 aliphatic rings. The zero-order chi connectivity index (χ0) is 22.5. The summed E-state index contributed by atoms with van der Waals surface area (Å²) < 4.78 is 11.2. The van der Waals surface area contributed by atoms with Gasteiger partial charge >= 0.3 is 0 Å². The van der Waals surface area contributed by atoms with Crippen molar-refractivity contribution < 1.29 is 28.4 Å². The van der Waals surface area contributed by atoms with E-state index in [4.69, 9.17) is 14.0 Å². The van der Waals surface area contributed by atoms with Gasteiger partial charge in [0, 0.05) is 30.6 Å². The van der Waals surface area contributed by atoms with E-state index >= 15 is 0 Å². The number of hydroxylamine groups is 1. The fourth-order valence-corrected chi connectivity index (χ4v) is 4.14. The van der Waals surface area contributed by atoms with Crippen molar-refractivity contribution in [1.82, 2.24) is 20.7 Å². The molecule has 5 rings (SSSR count). The number of nitrogens with one attached hydrogen (secondary N) is 2. The molecule has 1 saturated heterocycles. The Hall–Kier alpha value is -3.76. The number of furan rings is 1. The number of carbonyl (C=O) groups is 3. The number of ketones is 1. The zero-order valence-electron chi connectivity index (χ0n) is 17.4. The van der Waals surface area contributed by atoms with Gasteiger partial charge in [0.25, 0.3) is 11.8 Å². The van der Waals surface area contributed by atoms with Crippen LogP contribution in [0.4, 0.5) is 0 Å². The molecule has 4 heterocycles. The molecule has 2 aliphatic heterocycles. The predicted octanol–water partition coefficient (Wildman–Crippen LogP) is 1.50. The molecule has 1 fully saturated rings. The molecule has 0 aliphatic carbocycles. The van der Waals surface area contributed by atoms with Gasteiger partial charge in [0.05, 0.1) is 13.7 Å². The molecule has 0 spiro atoms. The molecule has 32 heavy (non-hydrogen) atoms. The van der Waals surface area contributed by atoms with E-state index in [9.17, 15) is 14.4 Å². The molecule has 2 amide bonds. The average Bonchev–Trinajstić information content (AvgIpc) is 3.36. The minimum atomic E-state index is -1.52. The number of benzene rings is 1. The van der Waals surface area contributed by atoms with E-state index in [0.29, 0.717) is 28.8 Å².